The minimum Gasteiger partial charge on any atom is -0.493 e. The highest BCUT2D eigenvalue weighted by Gasteiger charge is 2.07. The van der Waals surface area contributed by atoms with E-state index in [0.29, 0.717) is 35.4 Å². The van der Waals surface area contributed by atoms with Crippen molar-refractivity contribution in [2.75, 3.05) is 32.0 Å². The second kappa shape index (κ2) is 9.41. The first-order valence-corrected chi connectivity index (χ1v) is 8.86. The minimum atomic E-state index is -0.380. The first-order valence-electron chi connectivity index (χ1n) is 8.86. The van der Waals surface area contributed by atoms with Gasteiger partial charge in [0.2, 0.25) is 5.95 Å². The van der Waals surface area contributed by atoms with Crippen molar-refractivity contribution in [1.29, 1.82) is 0 Å². The van der Waals surface area contributed by atoms with Gasteiger partial charge in [0.15, 0.2) is 11.5 Å². The molecule has 0 unspecified atom stereocenters. The summed E-state index contributed by atoms with van der Waals surface area (Å²) in [5, 5.41) is 6.37. The van der Waals surface area contributed by atoms with Crippen molar-refractivity contribution in [1.82, 2.24) is 9.97 Å². The fraction of sp³-hybridized carbons (Fsp3) is 0.190. The van der Waals surface area contributed by atoms with Crippen LogP contribution >= 0.6 is 0 Å². The van der Waals surface area contributed by atoms with E-state index in [1.54, 1.807) is 50.7 Å². The average Bonchev–Trinajstić information content (AvgIpc) is 2.77. The zero-order valence-corrected chi connectivity index (χ0v) is 16.4. The smallest absolute Gasteiger partial charge is 0.337 e. The first-order chi connectivity index (χ1) is 14.1. The molecular formula is C21H22N4O4. The Morgan fingerprint density at radius 1 is 0.966 bits per heavy atom. The van der Waals surface area contributed by atoms with Crippen molar-refractivity contribution < 1.29 is 19.0 Å². The molecule has 0 aliphatic carbocycles. The van der Waals surface area contributed by atoms with Crippen molar-refractivity contribution >= 4 is 23.4 Å². The molecule has 2 aromatic carbocycles. The van der Waals surface area contributed by atoms with Gasteiger partial charge in [-0.25, -0.2) is 9.78 Å². The molecule has 0 aliphatic heterocycles. The van der Waals surface area contributed by atoms with E-state index in [0.717, 1.165) is 11.3 Å². The highest BCUT2D eigenvalue weighted by atomic mass is 16.5. The molecule has 0 bridgehead atoms. The summed E-state index contributed by atoms with van der Waals surface area (Å²) in [4.78, 5) is 20.2. The largest absolute Gasteiger partial charge is 0.493 e. The number of nitrogens with one attached hydrogen (secondary N) is 2. The number of ether oxygens (including phenoxy) is 3. The molecule has 0 saturated carbocycles. The molecule has 1 aromatic heterocycles. The minimum absolute atomic E-state index is 0.380. The summed E-state index contributed by atoms with van der Waals surface area (Å²) >= 11 is 0. The molecule has 0 saturated heterocycles. The summed E-state index contributed by atoms with van der Waals surface area (Å²) < 4.78 is 15.3. The molecule has 0 atom stereocenters. The Kier molecular flexibility index (Phi) is 6.47. The van der Waals surface area contributed by atoms with Gasteiger partial charge < -0.3 is 24.8 Å². The number of hydrogen-bond acceptors (Lipinski definition) is 8. The maximum Gasteiger partial charge on any atom is 0.337 e. The van der Waals surface area contributed by atoms with Crippen molar-refractivity contribution in [3.63, 3.8) is 0 Å². The van der Waals surface area contributed by atoms with Crippen LogP contribution in [0.2, 0.25) is 0 Å². The third-order valence-corrected chi connectivity index (χ3v) is 4.14. The van der Waals surface area contributed by atoms with Gasteiger partial charge in [-0.05, 0) is 48.0 Å². The average molecular weight is 394 g/mol. The van der Waals surface area contributed by atoms with Gasteiger partial charge >= 0.3 is 5.97 Å². The number of carbonyl (C=O) groups is 1. The van der Waals surface area contributed by atoms with E-state index in [1.165, 1.54) is 7.11 Å². The summed E-state index contributed by atoms with van der Waals surface area (Å²) in [7, 11) is 4.56. The van der Waals surface area contributed by atoms with Gasteiger partial charge in [-0.2, -0.15) is 4.98 Å². The number of nitrogens with zero attached hydrogens (tertiary/aromatic N) is 2. The van der Waals surface area contributed by atoms with Gasteiger partial charge in [0.05, 0.1) is 26.9 Å². The topological polar surface area (TPSA) is 94.6 Å². The lowest BCUT2D eigenvalue weighted by molar-refractivity contribution is 0.0601. The molecule has 1 heterocycles. The summed E-state index contributed by atoms with van der Waals surface area (Å²) in [5.74, 6) is 2.08. The Balaban J connectivity index is 1.64. The van der Waals surface area contributed by atoms with Gasteiger partial charge in [-0.15, -0.1) is 0 Å². The maximum atomic E-state index is 11.5. The summed E-state index contributed by atoms with van der Waals surface area (Å²) in [6.07, 6.45) is 1.66. The lowest BCUT2D eigenvalue weighted by atomic mass is 10.2. The number of hydrogen-bond donors (Lipinski definition) is 2. The summed E-state index contributed by atoms with van der Waals surface area (Å²) in [6.45, 7) is 0.560. The zero-order valence-electron chi connectivity index (χ0n) is 16.4. The van der Waals surface area contributed by atoms with E-state index in [1.807, 2.05) is 18.2 Å². The van der Waals surface area contributed by atoms with E-state index >= 15 is 0 Å². The maximum absolute atomic E-state index is 11.5. The van der Waals surface area contributed by atoms with E-state index in [9.17, 15) is 4.79 Å². The van der Waals surface area contributed by atoms with E-state index in [-0.39, 0.29) is 5.97 Å². The summed E-state index contributed by atoms with van der Waals surface area (Å²) in [5.41, 5.74) is 2.26. The van der Waals surface area contributed by atoms with E-state index < -0.39 is 0 Å². The Labute approximate surface area is 168 Å². The normalized spacial score (nSPS) is 10.2. The molecule has 3 aromatic rings. The molecule has 0 amide bonds. The van der Waals surface area contributed by atoms with Gasteiger partial charge in [-0.1, -0.05) is 6.07 Å². The van der Waals surface area contributed by atoms with Crippen LogP contribution in [0.15, 0.2) is 54.7 Å². The van der Waals surface area contributed by atoms with Crippen LogP contribution in [0, 0.1) is 0 Å². The van der Waals surface area contributed by atoms with Crippen molar-refractivity contribution in [3.8, 4) is 11.5 Å². The lowest BCUT2D eigenvalue weighted by Crippen LogP contribution is -2.05. The highest BCUT2D eigenvalue weighted by molar-refractivity contribution is 5.89. The zero-order chi connectivity index (χ0) is 20.6. The van der Waals surface area contributed by atoms with Crippen molar-refractivity contribution in [2.45, 2.75) is 6.54 Å². The fourth-order valence-corrected chi connectivity index (χ4v) is 2.64. The fourth-order valence-electron chi connectivity index (χ4n) is 2.64. The Morgan fingerprint density at radius 2 is 1.72 bits per heavy atom. The molecule has 8 nitrogen and oxygen atoms in total. The predicted molar refractivity (Wildman–Crippen MR) is 110 cm³/mol. The van der Waals surface area contributed by atoms with E-state index in [2.05, 4.69) is 20.6 Å². The van der Waals surface area contributed by atoms with Crippen LogP contribution in [0.4, 0.5) is 17.5 Å². The number of esters is 1. The molecule has 2 N–H and O–H groups in total. The van der Waals surface area contributed by atoms with Crippen LogP contribution in [0.1, 0.15) is 15.9 Å². The SMILES string of the molecule is COC(=O)c1ccc(Nc2nccc(NCc3ccc(OC)c(OC)c3)n2)cc1. The predicted octanol–water partition coefficient (Wildman–Crippen LogP) is 3.64. The van der Waals surface area contributed by atoms with Crippen LogP contribution < -0.4 is 20.1 Å². The van der Waals surface area contributed by atoms with Gasteiger partial charge in [-0.3, -0.25) is 0 Å². The molecule has 0 radical (unpaired) electrons. The molecule has 3 rings (SSSR count). The van der Waals surface area contributed by atoms with Crippen LogP contribution in [0.25, 0.3) is 0 Å². The number of carbonyl (C=O) groups excluding carboxylic acids is 1. The van der Waals surface area contributed by atoms with Gasteiger partial charge in [0, 0.05) is 18.4 Å². The second-order valence-corrected chi connectivity index (χ2v) is 6.00. The highest BCUT2D eigenvalue weighted by Crippen LogP contribution is 2.27. The van der Waals surface area contributed by atoms with Crippen molar-refractivity contribution in [2.24, 2.45) is 0 Å². The monoisotopic (exact) mass is 394 g/mol. The van der Waals surface area contributed by atoms with Gasteiger partial charge in [0.25, 0.3) is 0 Å². The van der Waals surface area contributed by atoms with Crippen LogP contribution in [0.3, 0.4) is 0 Å². The third kappa shape index (κ3) is 5.13. The molecule has 0 spiro atoms. The number of methoxy groups -OCH3 is 3. The molecular weight excluding hydrogens is 372 g/mol. The first kappa shape index (κ1) is 19.9. The van der Waals surface area contributed by atoms with Crippen molar-refractivity contribution in [3.05, 3.63) is 65.9 Å². The quantitative estimate of drug-likeness (QED) is 0.559. The third-order valence-electron chi connectivity index (χ3n) is 4.14. The molecule has 8 heteroatoms. The molecule has 29 heavy (non-hydrogen) atoms. The summed E-state index contributed by atoms with van der Waals surface area (Å²) in [6, 6.07) is 14.4. The lowest BCUT2D eigenvalue weighted by Gasteiger charge is -2.11. The standard InChI is InChI=1S/C21H22N4O4/c1-27-17-9-4-14(12-18(17)28-2)13-23-19-10-11-22-21(25-19)24-16-7-5-15(6-8-16)20(26)29-3/h4-12H,13H2,1-3H3,(H2,22,23,24,25). The van der Waals surface area contributed by atoms with Crippen LogP contribution in [-0.4, -0.2) is 37.3 Å². The number of rotatable bonds is 8. The Bertz CT molecular complexity index is 977. The molecule has 0 aliphatic rings. The molecule has 0 fully saturated rings. The Morgan fingerprint density at radius 3 is 2.41 bits per heavy atom. The second-order valence-electron chi connectivity index (χ2n) is 6.00. The van der Waals surface area contributed by atoms with Gasteiger partial charge in [0.1, 0.15) is 5.82 Å². The van der Waals surface area contributed by atoms with Crippen LogP contribution in [-0.2, 0) is 11.3 Å². The molecule has 150 valence electrons. The number of anilines is 3. The Hall–Kier alpha value is -3.81. The number of benzene rings is 2. The van der Waals surface area contributed by atoms with E-state index in [4.69, 9.17) is 14.2 Å². The van der Waals surface area contributed by atoms with Crippen LogP contribution in [0.5, 0.6) is 11.5 Å². The number of aromatic nitrogens is 2.